The molecule has 148 valence electrons. The van der Waals surface area contributed by atoms with Gasteiger partial charge >= 0.3 is 0 Å². The summed E-state index contributed by atoms with van der Waals surface area (Å²) in [4.78, 5) is 36.2. The fraction of sp³-hybridized carbons (Fsp3) is 0.174. The molecule has 0 radical (unpaired) electrons. The highest BCUT2D eigenvalue weighted by molar-refractivity contribution is 6.46. The number of carbonyl (C=O) groups is 3. The summed E-state index contributed by atoms with van der Waals surface area (Å²) >= 11 is 0. The van der Waals surface area contributed by atoms with Crippen LogP contribution in [0.1, 0.15) is 34.1 Å². The lowest BCUT2D eigenvalue weighted by Gasteiger charge is -2.11. The number of benzene rings is 2. The van der Waals surface area contributed by atoms with E-state index in [0.29, 0.717) is 23.6 Å². The predicted molar refractivity (Wildman–Crippen MR) is 113 cm³/mol. The number of nitrogens with zero attached hydrogens (tertiary/aromatic N) is 1. The molecule has 2 N–H and O–H groups in total. The van der Waals surface area contributed by atoms with Crippen molar-refractivity contribution in [1.82, 2.24) is 4.57 Å². The lowest BCUT2D eigenvalue weighted by molar-refractivity contribution is -0.114. The molecule has 0 spiro atoms. The van der Waals surface area contributed by atoms with E-state index in [4.69, 9.17) is 0 Å². The van der Waals surface area contributed by atoms with Gasteiger partial charge in [-0.15, -0.1) is 0 Å². The van der Waals surface area contributed by atoms with E-state index in [1.807, 2.05) is 19.1 Å². The zero-order valence-electron chi connectivity index (χ0n) is 16.7. The molecule has 0 atom stereocenters. The third-order valence-electron chi connectivity index (χ3n) is 4.66. The van der Waals surface area contributed by atoms with Gasteiger partial charge in [0, 0.05) is 31.0 Å². The molecule has 6 nitrogen and oxygen atoms in total. The van der Waals surface area contributed by atoms with Gasteiger partial charge in [-0.3, -0.25) is 14.4 Å². The van der Waals surface area contributed by atoms with Gasteiger partial charge < -0.3 is 15.2 Å². The molecule has 0 saturated carbocycles. The number of hydrogen-bond acceptors (Lipinski definition) is 3. The van der Waals surface area contributed by atoms with E-state index in [1.54, 1.807) is 47.2 Å². The lowest BCUT2D eigenvalue weighted by atomic mass is 10.1. The fourth-order valence-electron chi connectivity index (χ4n) is 3.00. The minimum absolute atomic E-state index is 0.179. The predicted octanol–water partition coefficient (Wildman–Crippen LogP) is 3.93. The summed E-state index contributed by atoms with van der Waals surface area (Å²) in [5, 5.41) is 5.25. The molecular formula is C23H23N3O3. The first-order chi connectivity index (χ1) is 13.8. The minimum Gasteiger partial charge on any atom is -0.340 e. The van der Waals surface area contributed by atoms with Gasteiger partial charge in [-0.05, 0) is 66.9 Å². The topological polar surface area (TPSA) is 80.2 Å². The number of ketones is 1. The van der Waals surface area contributed by atoms with Crippen molar-refractivity contribution in [3.63, 3.8) is 0 Å². The summed E-state index contributed by atoms with van der Waals surface area (Å²) in [6.07, 6.45) is 1.79. The molecule has 1 heterocycles. The number of hydrogen-bond donors (Lipinski definition) is 2. The molecule has 0 bridgehead atoms. The van der Waals surface area contributed by atoms with Crippen LogP contribution in [-0.2, 0) is 16.1 Å². The Morgan fingerprint density at radius 3 is 2.14 bits per heavy atom. The van der Waals surface area contributed by atoms with E-state index in [2.05, 4.69) is 23.6 Å². The minimum atomic E-state index is -0.711. The lowest BCUT2D eigenvalue weighted by Crippen LogP contribution is -2.25. The Morgan fingerprint density at radius 1 is 0.862 bits per heavy atom. The molecule has 29 heavy (non-hydrogen) atoms. The second-order valence-corrected chi connectivity index (χ2v) is 6.98. The fourth-order valence-corrected chi connectivity index (χ4v) is 3.00. The van der Waals surface area contributed by atoms with E-state index in [0.717, 1.165) is 5.56 Å². The summed E-state index contributed by atoms with van der Waals surface area (Å²) in [5.41, 5.74) is 4.88. The molecule has 2 amide bonds. The first-order valence-electron chi connectivity index (χ1n) is 9.28. The van der Waals surface area contributed by atoms with Crippen LogP contribution in [0.25, 0.3) is 0 Å². The third kappa shape index (κ3) is 4.99. The third-order valence-corrected chi connectivity index (χ3v) is 4.66. The number of aromatic nitrogens is 1. The molecule has 6 heteroatoms. The van der Waals surface area contributed by atoms with Gasteiger partial charge in [0.25, 0.3) is 11.7 Å². The average Bonchev–Trinajstić information content (AvgIpc) is 3.13. The van der Waals surface area contributed by atoms with Crippen molar-refractivity contribution in [3.05, 3.63) is 83.2 Å². The van der Waals surface area contributed by atoms with Gasteiger partial charge in [0.05, 0.1) is 5.69 Å². The molecule has 0 fully saturated rings. The maximum atomic E-state index is 12.7. The molecule has 3 aromatic rings. The van der Waals surface area contributed by atoms with Crippen molar-refractivity contribution in [3.8, 4) is 0 Å². The van der Waals surface area contributed by atoms with Gasteiger partial charge in [0.1, 0.15) is 0 Å². The summed E-state index contributed by atoms with van der Waals surface area (Å²) in [7, 11) is 0. The molecule has 2 aromatic carbocycles. The number of carbonyl (C=O) groups excluding carboxylic acids is 3. The van der Waals surface area contributed by atoms with Gasteiger partial charge in [-0.2, -0.15) is 0 Å². The quantitative estimate of drug-likeness (QED) is 0.495. The van der Waals surface area contributed by atoms with Crippen molar-refractivity contribution in [2.75, 3.05) is 10.6 Å². The van der Waals surface area contributed by atoms with Gasteiger partial charge in [-0.1, -0.05) is 18.2 Å². The van der Waals surface area contributed by atoms with Crippen molar-refractivity contribution in [2.45, 2.75) is 27.3 Å². The van der Waals surface area contributed by atoms with E-state index in [-0.39, 0.29) is 5.91 Å². The smallest absolute Gasteiger partial charge is 0.298 e. The monoisotopic (exact) mass is 389 g/mol. The Labute approximate surface area is 169 Å². The van der Waals surface area contributed by atoms with Gasteiger partial charge in [0.2, 0.25) is 5.91 Å². The van der Waals surface area contributed by atoms with Crippen molar-refractivity contribution in [2.24, 2.45) is 0 Å². The van der Waals surface area contributed by atoms with E-state index in [1.165, 1.54) is 18.1 Å². The Kier molecular flexibility index (Phi) is 5.93. The van der Waals surface area contributed by atoms with E-state index < -0.39 is 11.7 Å². The second kappa shape index (κ2) is 8.56. The van der Waals surface area contributed by atoms with Crippen LogP contribution >= 0.6 is 0 Å². The first-order valence-corrected chi connectivity index (χ1v) is 9.28. The van der Waals surface area contributed by atoms with Crippen LogP contribution in [0.2, 0.25) is 0 Å². The number of rotatable bonds is 6. The molecule has 0 aliphatic heterocycles. The van der Waals surface area contributed by atoms with Gasteiger partial charge in [-0.25, -0.2) is 0 Å². The molecule has 0 saturated heterocycles. The average molecular weight is 389 g/mol. The molecule has 3 rings (SSSR count). The SMILES string of the molecule is CC(=O)Nc1ccc(NC(=O)C(=O)c2cccn2Cc2ccc(C)c(C)c2)cc1. The van der Waals surface area contributed by atoms with Crippen LogP contribution in [0.15, 0.2) is 60.8 Å². The maximum absolute atomic E-state index is 12.7. The second-order valence-electron chi connectivity index (χ2n) is 6.98. The molecule has 0 aliphatic rings. The molecule has 1 aromatic heterocycles. The zero-order valence-corrected chi connectivity index (χ0v) is 16.7. The standard InChI is InChI=1S/C23H23N3O3/c1-15-6-7-18(13-16(15)2)14-26-12-4-5-21(26)22(28)23(29)25-20-10-8-19(9-11-20)24-17(3)27/h4-13H,14H2,1-3H3,(H,24,27)(H,25,29). The Morgan fingerprint density at radius 2 is 1.52 bits per heavy atom. The largest absolute Gasteiger partial charge is 0.340 e. The number of Topliss-reactive ketones (excluding diaryl/α,β-unsaturated/α-hetero) is 1. The van der Waals surface area contributed by atoms with Crippen LogP contribution in [0.3, 0.4) is 0 Å². The Hall–Kier alpha value is -3.67. The summed E-state index contributed by atoms with van der Waals surface area (Å²) in [6, 6.07) is 16.1. The normalized spacial score (nSPS) is 10.4. The highest BCUT2D eigenvalue weighted by Gasteiger charge is 2.20. The molecule has 0 unspecified atom stereocenters. The highest BCUT2D eigenvalue weighted by atomic mass is 16.2. The van der Waals surface area contributed by atoms with Crippen molar-refractivity contribution in [1.29, 1.82) is 0 Å². The van der Waals surface area contributed by atoms with Crippen LogP contribution in [0, 0.1) is 13.8 Å². The van der Waals surface area contributed by atoms with E-state index in [9.17, 15) is 14.4 Å². The first kappa shape index (κ1) is 20.1. The Balaban J connectivity index is 1.70. The summed E-state index contributed by atoms with van der Waals surface area (Å²) in [6.45, 7) is 6.03. The molecular weight excluding hydrogens is 366 g/mol. The summed E-state index contributed by atoms with van der Waals surface area (Å²) in [5.74, 6) is -1.50. The van der Waals surface area contributed by atoms with Crippen molar-refractivity contribution < 1.29 is 14.4 Å². The number of aryl methyl sites for hydroxylation is 2. The number of nitrogens with one attached hydrogen (secondary N) is 2. The molecule has 0 aliphatic carbocycles. The maximum Gasteiger partial charge on any atom is 0.298 e. The van der Waals surface area contributed by atoms with E-state index >= 15 is 0 Å². The number of anilines is 2. The number of amides is 2. The van der Waals surface area contributed by atoms with Crippen LogP contribution in [0.5, 0.6) is 0 Å². The van der Waals surface area contributed by atoms with Gasteiger partial charge in [0.15, 0.2) is 0 Å². The summed E-state index contributed by atoms with van der Waals surface area (Å²) < 4.78 is 1.77. The van der Waals surface area contributed by atoms with Crippen molar-refractivity contribution >= 4 is 29.0 Å². The van der Waals surface area contributed by atoms with Crippen LogP contribution < -0.4 is 10.6 Å². The highest BCUT2D eigenvalue weighted by Crippen LogP contribution is 2.16. The van der Waals surface area contributed by atoms with Crippen LogP contribution in [0.4, 0.5) is 11.4 Å². The Bertz CT molecular complexity index is 1070. The van der Waals surface area contributed by atoms with Crippen LogP contribution in [-0.4, -0.2) is 22.2 Å². The zero-order chi connectivity index (χ0) is 21.0.